The molecule has 0 N–H and O–H groups in total. The summed E-state index contributed by atoms with van der Waals surface area (Å²) in [5, 5.41) is 8.67. The average molecular weight is 429 g/mol. The number of aryl methyl sites for hydroxylation is 1. The van der Waals surface area contributed by atoms with E-state index in [4.69, 9.17) is 14.7 Å². The number of nitrogens with zero attached hydrogens (tertiary/aromatic N) is 8. The second kappa shape index (κ2) is 7.52. The first-order valence-corrected chi connectivity index (χ1v) is 11.0. The minimum absolute atomic E-state index is 0.0789. The van der Waals surface area contributed by atoms with Crippen LogP contribution in [0, 0.1) is 6.92 Å². The van der Waals surface area contributed by atoms with Gasteiger partial charge >= 0.3 is 0 Å². The van der Waals surface area contributed by atoms with E-state index in [9.17, 15) is 0 Å². The summed E-state index contributed by atoms with van der Waals surface area (Å²) in [4.78, 5) is 17.0. The van der Waals surface area contributed by atoms with Crippen molar-refractivity contribution in [1.82, 2.24) is 34.3 Å². The van der Waals surface area contributed by atoms with Crippen LogP contribution in [0.3, 0.4) is 0 Å². The Morgan fingerprint density at radius 1 is 1.12 bits per heavy atom. The lowest BCUT2D eigenvalue weighted by Gasteiger charge is -2.40. The van der Waals surface area contributed by atoms with Gasteiger partial charge in [-0.05, 0) is 19.8 Å². The van der Waals surface area contributed by atoms with Crippen molar-refractivity contribution in [1.29, 1.82) is 0 Å². The summed E-state index contributed by atoms with van der Waals surface area (Å²) < 4.78 is 9.75. The third-order valence-corrected chi connectivity index (χ3v) is 6.30. The molecule has 0 amide bonds. The normalized spacial score (nSPS) is 19.8. The highest BCUT2D eigenvalue weighted by Crippen LogP contribution is 2.42. The minimum atomic E-state index is 0.0789. The van der Waals surface area contributed by atoms with Gasteiger partial charge in [0.1, 0.15) is 17.8 Å². The second-order valence-electron chi connectivity index (χ2n) is 8.18. The number of fused-ring (bicyclic) bond motifs is 3. The van der Waals surface area contributed by atoms with Crippen molar-refractivity contribution in [3.8, 4) is 23.0 Å². The van der Waals surface area contributed by atoms with Gasteiger partial charge in [-0.25, -0.2) is 9.97 Å². The molecule has 5 heterocycles. The van der Waals surface area contributed by atoms with Gasteiger partial charge in [-0.15, -0.1) is 10.2 Å². The van der Waals surface area contributed by atoms with Crippen molar-refractivity contribution in [3.63, 3.8) is 0 Å². The van der Waals surface area contributed by atoms with Crippen LogP contribution in [0.4, 0.5) is 5.82 Å². The van der Waals surface area contributed by atoms with Gasteiger partial charge in [-0.1, -0.05) is 37.3 Å². The molecule has 2 atom stereocenters. The van der Waals surface area contributed by atoms with Crippen molar-refractivity contribution in [3.05, 3.63) is 60.6 Å². The van der Waals surface area contributed by atoms with Crippen molar-refractivity contribution < 1.29 is 4.74 Å². The molecule has 1 saturated heterocycles. The third-order valence-electron chi connectivity index (χ3n) is 6.30. The number of hydrogen-bond acceptors (Lipinski definition) is 7. The fraction of sp³-hybridized carbons (Fsp3) is 0.348. The molecular weight excluding hydrogens is 404 g/mol. The van der Waals surface area contributed by atoms with E-state index in [1.165, 1.54) is 0 Å². The van der Waals surface area contributed by atoms with Crippen LogP contribution in [0.15, 0.2) is 49.1 Å². The van der Waals surface area contributed by atoms with Gasteiger partial charge in [0.05, 0.1) is 24.4 Å². The van der Waals surface area contributed by atoms with Crippen molar-refractivity contribution in [2.75, 3.05) is 18.1 Å². The molecule has 162 valence electrons. The number of hydrogen-bond donors (Lipinski definition) is 0. The van der Waals surface area contributed by atoms with Gasteiger partial charge in [-0.3, -0.25) is 9.13 Å². The number of rotatable bonds is 4. The smallest absolute Gasteiger partial charge is 0.237 e. The standard InChI is InChI=1S/C23H24N8O/c1-3-18-21-28-25-14-30(21)19-15(2)26-23(27-22(19)31(18)17-9-12-32-13-17)29-11-10-24-20(29)16-7-5-4-6-8-16/h4-8,10-11,14,17-18H,3,9,12-13H2,1-2H3/t17?,18-/m1/s1. The van der Waals surface area contributed by atoms with E-state index in [0.717, 1.165) is 53.9 Å². The lowest BCUT2D eigenvalue weighted by Crippen LogP contribution is -2.44. The number of benzene rings is 1. The topological polar surface area (TPSA) is 86.8 Å². The Bertz CT molecular complexity index is 1260. The molecule has 9 nitrogen and oxygen atoms in total. The molecule has 0 saturated carbocycles. The van der Waals surface area contributed by atoms with Gasteiger partial charge in [0.2, 0.25) is 5.95 Å². The van der Waals surface area contributed by atoms with E-state index >= 15 is 0 Å². The summed E-state index contributed by atoms with van der Waals surface area (Å²) in [5.74, 6) is 3.25. The summed E-state index contributed by atoms with van der Waals surface area (Å²) in [6.45, 7) is 5.64. The SMILES string of the molecule is CC[C@@H]1c2nncn2-c2c(C)nc(-n3ccnc3-c3ccccc3)nc2N1C1CCOC1. The Morgan fingerprint density at radius 2 is 2.00 bits per heavy atom. The highest BCUT2D eigenvalue weighted by molar-refractivity contribution is 5.66. The lowest BCUT2D eigenvalue weighted by molar-refractivity contribution is 0.191. The molecule has 6 rings (SSSR count). The minimum Gasteiger partial charge on any atom is -0.379 e. The van der Waals surface area contributed by atoms with Gasteiger partial charge in [0.25, 0.3) is 0 Å². The largest absolute Gasteiger partial charge is 0.379 e. The molecule has 0 bridgehead atoms. The molecule has 0 aliphatic carbocycles. The van der Waals surface area contributed by atoms with Crippen molar-refractivity contribution in [2.45, 2.75) is 38.8 Å². The van der Waals surface area contributed by atoms with Gasteiger partial charge in [0.15, 0.2) is 11.6 Å². The first kappa shape index (κ1) is 19.1. The van der Waals surface area contributed by atoms with Crippen LogP contribution in [0.5, 0.6) is 0 Å². The van der Waals surface area contributed by atoms with E-state index in [2.05, 4.69) is 27.0 Å². The summed E-state index contributed by atoms with van der Waals surface area (Å²) in [7, 11) is 0. The molecular formula is C23H24N8O. The Balaban J connectivity index is 1.56. The molecule has 1 fully saturated rings. The number of imidazole rings is 1. The van der Waals surface area contributed by atoms with E-state index in [0.29, 0.717) is 12.6 Å². The molecule has 3 aromatic heterocycles. The number of ether oxygens (including phenoxy) is 1. The maximum Gasteiger partial charge on any atom is 0.237 e. The van der Waals surface area contributed by atoms with E-state index in [1.807, 2.05) is 52.6 Å². The van der Waals surface area contributed by atoms with E-state index < -0.39 is 0 Å². The number of anilines is 1. The maximum atomic E-state index is 5.75. The van der Waals surface area contributed by atoms with Crippen LogP contribution >= 0.6 is 0 Å². The van der Waals surface area contributed by atoms with E-state index in [-0.39, 0.29) is 12.1 Å². The van der Waals surface area contributed by atoms with Crippen LogP contribution in [-0.2, 0) is 4.74 Å². The Labute approximate surface area is 185 Å². The zero-order chi connectivity index (χ0) is 21.7. The molecule has 1 unspecified atom stereocenters. The predicted molar refractivity (Wildman–Crippen MR) is 119 cm³/mol. The Hall–Kier alpha value is -3.59. The second-order valence-corrected chi connectivity index (χ2v) is 8.18. The monoisotopic (exact) mass is 428 g/mol. The molecule has 9 heteroatoms. The van der Waals surface area contributed by atoms with Gasteiger partial charge in [0, 0.05) is 24.6 Å². The van der Waals surface area contributed by atoms with Crippen LogP contribution < -0.4 is 4.90 Å². The molecule has 0 spiro atoms. The zero-order valence-corrected chi connectivity index (χ0v) is 18.1. The third kappa shape index (κ3) is 2.85. The van der Waals surface area contributed by atoms with Crippen molar-refractivity contribution >= 4 is 5.82 Å². The zero-order valence-electron chi connectivity index (χ0n) is 18.1. The fourth-order valence-corrected chi connectivity index (χ4v) is 4.84. The maximum absolute atomic E-state index is 5.75. The highest BCUT2D eigenvalue weighted by Gasteiger charge is 2.40. The van der Waals surface area contributed by atoms with Crippen molar-refractivity contribution in [2.24, 2.45) is 0 Å². The first-order valence-electron chi connectivity index (χ1n) is 11.0. The Morgan fingerprint density at radius 3 is 2.78 bits per heavy atom. The fourth-order valence-electron chi connectivity index (χ4n) is 4.84. The molecule has 32 heavy (non-hydrogen) atoms. The van der Waals surface area contributed by atoms with Crippen LogP contribution in [0.1, 0.15) is 37.3 Å². The van der Waals surface area contributed by atoms with E-state index in [1.54, 1.807) is 12.5 Å². The summed E-state index contributed by atoms with van der Waals surface area (Å²) >= 11 is 0. The lowest BCUT2D eigenvalue weighted by atomic mass is 10.0. The van der Waals surface area contributed by atoms with Gasteiger partial charge < -0.3 is 9.64 Å². The Kier molecular flexibility index (Phi) is 4.50. The molecule has 4 aromatic rings. The molecule has 1 aromatic carbocycles. The number of aromatic nitrogens is 7. The van der Waals surface area contributed by atoms with Gasteiger partial charge in [-0.2, -0.15) is 4.98 Å². The summed E-state index contributed by atoms with van der Waals surface area (Å²) in [6, 6.07) is 10.4. The van der Waals surface area contributed by atoms with Crippen LogP contribution in [0.25, 0.3) is 23.0 Å². The van der Waals surface area contributed by atoms with Crippen LogP contribution in [0.2, 0.25) is 0 Å². The first-order chi connectivity index (χ1) is 15.8. The summed E-state index contributed by atoms with van der Waals surface area (Å²) in [5.41, 5.74) is 2.83. The highest BCUT2D eigenvalue weighted by atomic mass is 16.5. The molecule has 2 aliphatic heterocycles. The molecule has 2 aliphatic rings. The predicted octanol–water partition coefficient (Wildman–Crippen LogP) is 3.28. The molecule has 0 radical (unpaired) electrons. The average Bonchev–Trinajstić information content (AvgIpc) is 3.59. The van der Waals surface area contributed by atoms with Crippen LogP contribution in [-0.4, -0.2) is 53.5 Å². The summed E-state index contributed by atoms with van der Waals surface area (Å²) in [6.07, 6.45) is 7.32. The quantitative estimate of drug-likeness (QED) is 0.493.